The summed E-state index contributed by atoms with van der Waals surface area (Å²) >= 11 is 5.28. The van der Waals surface area contributed by atoms with Crippen LogP contribution >= 0.6 is 38.5 Å². The number of hydrogen-bond acceptors (Lipinski definition) is 3. The van der Waals surface area contributed by atoms with Gasteiger partial charge in [-0.1, -0.05) is 0 Å². The van der Waals surface area contributed by atoms with Crippen molar-refractivity contribution in [3.05, 3.63) is 26.0 Å². The first kappa shape index (κ1) is 9.91. The molecule has 5 heteroatoms. The molecule has 0 aromatic carbocycles. The Labute approximate surface area is 91.8 Å². The van der Waals surface area contributed by atoms with Gasteiger partial charge in [0.25, 0.3) is 0 Å². The summed E-state index contributed by atoms with van der Waals surface area (Å²) in [7, 11) is 1.35. The van der Waals surface area contributed by atoms with Crippen molar-refractivity contribution < 1.29 is 9.53 Å². The monoisotopic (exact) mass is 341 g/mol. The van der Waals surface area contributed by atoms with Gasteiger partial charge in [-0.15, -0.1) is 0 Å². The Bertz CT molecular complexity index is 316. The molecule has 0 amide bonds. The van der Waals surface area contributed by atoms with Crippen LogP contribution in [0.2, 0.25) is 0 Å². The van der Waals surface area contributed by atoms with E-state index in [-0.39, 0.29) is 5.97 Å². The highest BCUT2D eigenvalue weighted by Crippen LogP contribution is 2.21. The van der Waals surface area contributed by atoms with Crippen LogP contribution in [0.1, 0.15) is 10.4 Å². The van der Waals surface area contributed by atoms with Crippen LogP contribution in [0.4, 0.5) is 0 Å². The molecular formula is C7H5BrINO2. The van der Waals surface area contributed by atoms with Gasteiger partial charge in [0.2, 0.25) is 0 Å². The summed E-state index contributed by atoms with van der Waals surface area (Å²) in [6.07, 6.45) is 1.57. The zero-order chi connectivity index (χ0) is 9.14. The number of hydrogen-bond donors (Lipinski definition) is 0. The molecule has 0 bridgehead atoms. The van der Waals surface area contributed by atoms with Crippen molar-refractivity contribution in [3.63, 3.8) is 0 Å². The lowest BCUT2D eigenvalue weighted by molar-refractivity contribution is 0.0599. The van der Waals surface area contributed by atoms with E-state index in [1.54, 1.807) is 12.3 Å². The molecule has 0 atom stereocenters. The first-order chi connectivity index (χ1) is 5.66. The molecule has 0 unspecified atom stereocenters. The fraction of sp³-hybridized carbons (Fsp3) is 0.143. The molecule has 0 saturated carbocycles. The smallest absolute Gasteiger partial charge is 0.339 e. The van der Waals surface area contributed by atoms with Crippen LogP contribution in [0.5, 0.6) is 0 Å². The second kappa shape index (κ2) is 4.18. The quantitative estimate of drug-likeness (QED) is 0.447. The van der Waals surface area contributed by atoms with Gasteiger partial charge in [-0.3, -0.25) is 0 Å². The molecule has 1 heterocycles. The minimum absolute atomic E-state index is 0.359. The fourth-order valence-corrected chi connectivity index (χ4v) is 1.53. The number of carbonyl (C=O) groups excluding carboxylic acids is 1. The number of rotatable bonds is 1. The third-order valence-electron chi connectivity index (χ3n) is 1.25. The van der Waals surface area contributed by atoms with E-state index in [0.29, 0.717) is 10.0 Å². The lowest BCUT2D eigenvalue weighted by Crippen LogP contribution is -2.03. The second-order valence-electron chi connectivity index (χ2n) is 1.95. The van der Waals surface area contributed by atoms with Gasteiger partial charge in [0, 0.05) is 6.20 Å². The summed E-state index contributed by atoms with van der Waals surface area (Å²) in [6.45, 7) is 0. The maximum absolute atomic E-state index is 11.1. The van der Waals surface area contributed by atoms with E-state index < -0.39 is 0 Å². The molecular weight excluding hydrogens is 337 g/mol. The zero-order valence-corrected chi connectivity index (χ0v) is 9.92. The number of carbonyl (C=O) groups is 1. The number of nitrogens with zero attached hydrogens (tertiary/aromatic N) is 1. The summed E-state index contributed by atoms with van der Waals surface area (Å²) in [5.41, 5.74) is 0.497. The number of halogens is 2. The fourth-order valence-electron chi connectivity index (χ4n) is 0.686. The molecule has 0 aliphatic carbocycles. The Morgan fingerprint density at radius 1 is 1.75 bits per heavy atom. The molecule has 1 aromatic heterocycles. The van der Waals surface area contributed by atoms with Gasteiger partial charge in [-0.2, -0.15) is 0 Å². The molecule has 0 N–H and O–H groups in total. The Balaban J connectivity index is 3.16. The van der Waals surface area contributed by atoms with Crippen LogP contribution in [0, 0.1) is 3.70 Å². The van der Waals surface area contributed by atoms with E-state index in [1.807, 2.05) is 22.6 Å². The molecule has 0 radical (unpaired) electrons. The van der Waals surface area contributed by atoms with Gasteiger partial charge in [0.15, 0.2) is 0 Å². The lowest BCUT2D eigenvalue weighted by Gasteiger charge is -2.01. The van der Waals surface area contributed by atoms with E-state index in [1.165, 1.54) is 7.11 Å². The SMILES string of the molecule is COC(=O)c1ccnc(I)c1Br. The second-order valence-corrected chi connectivity index (χ2v) is 3.77. The van der Waals surface area contributed by atoms with Crippen LogP contribution in [0.15, 0.2) is 16.7 Å². The van der Waals surface area contributed by atoms with Crippen molar-refractivity contribution in [3.8, 4) is 0 Å². The Morgan fingerprint density at radius 3 is 3.00 bits per heavy atom. The van der Waals surface area contributed by atoms with Crippen molar-refractivity contribution >= 4 is 44.5 Å². The Hall–Kier alpha value is -0.170. The average Bonchev–Trinajstić information content (AvgIpc) is 2.08. The predicted octanol–water partition coefficient (Wildman–Crippen LogP) is 2.24. The predicted molar refractivity (Wildman–Crippen MR) is 56.0 cm³/mol. The summed E-state index contributed by atoms with van der Waals surface area (Å²) in [6, 6.07) is 1.61. The summed E-state index contributed by atoms with van der Waals surface area (Å²) in [5, 5.41) is 0. The van der Waals surface area contributed by atoms with Crippen LogP contribution in [-0.2, 0) is 4.74 Å². The Morgan fingerprint density at radius 2 is 2.42 bits per heavy atom. The van der Waals surface area contributed by atoms with Gasteiger partial charge < -0.3 is 4.74 Å². The van der Waals surface area contributed by atoms with Crippen molar-refractivity contribution in [1.29, 1.82) is 0 Å². The highest BCUT2D eigenvalue weighted by atomic mass is 127. The van der Waals surface area contributed by atoms with E-state index in [9.17, 15) is 4.79 Å². The molecule has 1 aromatic rings. The number of methoxy groups -OCH3 is 1. The van der Waals surface area contributed by atoms with Crippen LogP contribution < -0.4 is 0 Å². The van der Waals surface area contributed by atoms with Gasteiger partial charge in [-0.05, 0) is 44.6 Å². The molecule has 0 saturated heterocycles. The van der Waals surface area contributed by atoms with Crippen molar-refractivity contribution in [1.82, 2.24) is 4.98 Å². The zero-order valence-electron chi connectivity index (χ0n) is 6.17. The third kappa shape index (κ3) is 1.95. The molecule has 12 heavy (non-hydrogen) atoms. The molecule has 0 fully saturated rings. The summed E-state index contributed by atoms with van der Waals surface area (Å²) in [4.78, 5) is 15.1. The summed E-state index contributed by atoms with van der Waals surface area (Å²) < 4.78 is 6.00. The highest BCUT2D eigenvalue weighted by Gasteiger charge is 2.11. The molecule has 3 nitrogen and oxygen atoms in total. The number of ether oxygens (including phenoxy) is 1. The van der Waals surface area contributed by atoms with Crippen LogP contribution in [0.3, 0.4) is 0 Å². The van der Waals surface area contributed by atoms with E-state index in [2.05, 4.69) is 25.7 Å². The normalized spacial score (nSPS) is 9.58. The molecule has 0 spiro atoms. The highest BCUT2D eigenvalue weighted by molar-refractivity contribution is 14.1. The number of pyridine rings is 1. The Kier molecular flexibility index (Phi) is 3.45. The first-order valence-electron chi connectivity index (χ1n) is 3.05. The van der Waals surface area contributed by atoms with Gasteiger partial charge in [-0.25, -0.2) is 9.78 Å². The molecule has 0 aliphatic heterocycles. The third-order valence-corrected chi connectivity index (χ3v) is 3.61. The number of aromatic nitrogens is 1. The van der Waals surface area contributed by atoms with E-state index in [4.69, 9.17) is 0 Å². The average molecular weight is 342 g/mol. The lowest BCUT2D eigenvalue weighted by atomic mass is 10.3. The molecule has 1 rings (SSSR count). The van der Waals surface area contributed by atoms with Crippen molar-refractivity contribution in [2.75, 3.05) is 7.11 Å². The van der Waals surface area contributed by atoms with Crippen molar-refractivity contribution in [2.24, 2.45) is 0 Å². The maximum atomic E-state index is 11.1. The van der Waals surface area contributed by atoms with Crippen LogP contribution in [0.25, 0.3) is 0 Å². The van der Waals surface area contributed by atoms with Gasteiger partial charge >= 0.3 is 5.97 Å². The number of esters is 1. The van der Waals surface area contributed by atoms with E-state index >= 15 is 0 Å². The van der Waals surface area contributed by atoms with E-state index in [0.717, 1.165) is 3.70 Å². The standard InChI is InChI=1S/C7H5BrINO2/c1-12-7(11)4-2-3-10-6(9)5(4)8/h2-3H,1H3. The summed E-state index contributed by atoms with van der Waals surface area (Å²) in [5.74, 6) is -0.359. The topological polar surface area (TPSA) is 39.2 Å². The van der Waals surface area contributed by atoms with Crippen molar-refractivity contribution in [2.45, 2.75) is 0 Å². The minimum atomic E-state index is -0.359. The first-order valence-corrected chi connectivity index (χ1v) is 4.92. The van der Waals surface area contributed by atoms with Crippen LogP contribution in [-0.4, -0.2) is 18.1 Å². The molecule has 64 valence electrons. The largest absolute Gasteiger partial charge is 0.465 e. The van der Waals surface area contributed by atoms with Gasteiger partial charge in [0.1, 0.15) is 3.70 Å². The molecule has 0 aliphatic rings. The van der Waals surface area contributed by atoms with Gasteiger partial charge in [0.05, 0.1) is 17.1 Å². The minimum Gasteiger partial charge on any atom is -0.465 e. The maximum Gasteiger partial charge on any atom is 0.339 e.